The van der Waals surface area contributed by atoms with E-state index in [1.165, 1.54) is 12.4 Å². The van der Waals surface area contributed by atoms with Crippen LogP contribution in [0.2, 0.25) is 0 Å². The smallest absolute Gasteiger partial charge is 0.372 e. The lowest BCUT2D eigenvalue weighted by molar-refractivity contribution is -0.138. The quantitative estimate of drug-likeness (QED) is 0.424. The van der Waals surface area contributed by atoms with Gasteiger partial charge >= 0.3 is 6.18 Å². The lowest BCUT2D eigenvalue weighted by Gasteiger charge is -2.40. The SMILES string of the molecule is C[C@@H]1CN(c2ncc(-c3c(F)cc(N4CCN(C)[C@@H](C)C4)c(-c4c(C(N)=O)c(C(F)(F)F)cc(=O)n4C)c3F)cn2)C[C@H](C)O1. The van der Waals surface area contributed by atoms with Crippen molar-refractivity contribution in [2.75, 3.05) is 49.6 Å². The summed E-state index contributed by atoms with van der Waals surface area (Å²) in [6.07, 6.45) is -2.94. The number of primary amides is 1. The summed E-state index contributed by atoms with van der Waals surface area (Å²) in [6.45, 7) is 7.66. The summed E-state index contributed by atoms with van der Waals surface area (Å²) >= 11 is 0. The average molecular weight is 636 g/mol. The van der Waals surface area contributed by atoms with Gasteiger partial charge in [-0.25, -0.2) is 18.7 Å². The van der Waals surface area contributed by atoms with E-state index in [2.05, 4.69) is 9.97 Å². The molecule has 2 N–H and O–H groups in total. The van der Waals surface area contributed by atoms with Gasteiger partial charge in [-0.15, -0.1) is 0 Å². The number of alkyl halides is 3. The first-order valence-electron chi connectivity index (χ1n) is 14.4. The van der Waals surface area contributed by atoms with Gasteiger partial charge in [0.05, 0.1) is 45.8 Å². The van der Waals surface area contributed by atoms with Crippen LogP contribution in [0.25, 0.3) is 22.4 Å². The van der Waals surface area contributed by atoms with E-state index in [9.17, 15) is 22.8 Å². The van der Waals surface area contributed by atoms with E-state index in [1.807, 2.05) is 37.6 Å². The second kappa shape index (κ2) is 12.0. The summed E-state index contributed by atoms with van der Waals surface area (Å²) < 4.78 is 81.8. The standard InChI is InChI=1S/C30H34F5N7O3/c1-15-12-41(7-6-39(15)4)21-9-20(31)23(18-10-37-29(38-11-18)42-13-16(2)45-17(3)14-42)26(32)25(21)27-24(28(36)44)19(30(33,34)35)8-22(43)40(27)5/h8-11,15-17H,6-7,12-14H2,1-5H3,(H2,36,44)/t15-,16-,17+/m0/s1. The van der Waals surface area contributed by atoms with Crippen LogP contribution in [0.15, 0.2) is 29.3 Å². The second-order valence-electron chi connectivity index (χ2n) is 11.7. The fourth-order valence-corrected chi connectivity index (χ4v) is 6.03. The number of nitrogens with two attached hydrogens (primary N) is 1. The maximum Gasteiger partial charge on any atom is 0.417 e. The highest BCUT2D eigenvalue weighted by Gasteiger charge is 2.40. The third-order valence-electron chi connectivity index (χ3n) is 8.36. The molecule has 10 nitrogen and oxygen atoms in total. The normalized spacial score (nSPS) is 21.3. The highest BCUT2D eigenvalue weighted by atomic mass is 19.4. The summed E-state index contributed by atoms with van der Waals surface area (Å²) in [5.74, 6) is -3.54. The summed E-state index contributed by atoms with van der Waals surface area (Å²) in [5, 5.41) is 0. The molecule has 3 aromatic rings. The van der Waals surface area contributed by atoms with Crippen molar-refractivity contribution in [3.63, 3.8) is 0 Å². The number of carbonyl (C=O) groups is 1. The highest BCUT2D eigenvalue weighted by Crippen LogP contribution is 2.44. The molecule has 5 rings (SSSR count). The summed E-state index contributed by atoms with van der Waals surface area (Å²) in [6, 6.07) is 1.15. The highest BCUT2D eigenvalue weighted by molar-refractivity contribution is 6.02. The van der Waals surface area contributed by atoms with Crippen LogP contribution in [0.5, 0.6) is 0 Å². The fourth-order valence-electron chi connectivity index (χ4n) is 6.03. The van der Waals surface area contributed by atoms with Crippen LogP contribution < -0.4 is 21.1 Å². The number of hydrogen-bond donors (Lipinski definition) is 1. The number of piperazine rings is 1. The number of aromatic nitrogens is 3. The van der Waals surface area contributed by atoms with Crippen LogP contribution in [0, 0.1) is 11.6 Å². The lowest BCUT2D eigenvalue weighted by atomic mass is 9.93. The molecule has 15 heteroatoms. The van der Waals surface area contributed by atoms with Crippen LogP contribution in [-0.4, -0.2) is 83.4 Å². The molecule has 0 radical (unpaired) electrons. The molecular weight excluding hydrogens is 601 g/mol. The zero-order valence-corrected chi connectivity index (χ0v) is 25.5. The van der Waals surface area contributed by atoms with Crippen molar-refractivity contribution in [3.8, 4) is 22.4 Å². The van der Waals surface area contributed by atoms with Crippen LogP contribution in [0.3, 0.4) is 0 Å². The Bertz CT molecular complexity index is 1670. The molecule has 45 heavy (non-hydrogen) atoms. The lowest BCUT2D eigenvalue weighted by Crippen LogP contribution is -2.50. The summed E-state index contributed by atoms with van der Waals surface area (Å²) in [5.41, 5.74) is -0.544. The number of ether oxygens (including phenoxy) is 1. The van der Waals surface area contributed by atoms with Crippen LogP contribution in [0.4, 0.5) is 33.6 Å². The first-order chi connectivity index (χ1) is 21.1. The number of anilines is 2. The number of likely N-dealkylation sites (N-methyl/N-ethyl adjacent to an activating group) is 1. The van der Waals surface area contributed by atoms with E-state index in [1.54, 1.807) is 4.90 Å². The van der Waals surface area contributed by atoms with Crippen LogP contribution >= 0.6 is 0 Å². The Morgan fingerprint density at radius 2 is 1.58 bits per heavy atom. The van der Waals surface area contributed by atoms with Gasteiger partial charge in [0.2, 0.25) is 5.95 Å². The molecular formula is C30H34F5N7O3. The predicted molar refractivity (Wildman–Crippen MR) is 158 cm³/mol. The van der Waals surface area contributed by atoms with Gasteiger partial charge < -0.3 is 29.7 Å². The molecule has 4 heterocycles. The van der Waals surface area contributed by atoms with Gasteiger partial charge in [0, 0.05) is 69.8 Å². The number of pyridine rings is 1. The second-order valence-corrected chi connectivity index (χ2v) is 11.7. The Balaban J connectivity index is 1.76. The first-order valence-corrected chi connectivity index (χ1v) is 14.4. The van der Waals surface area contributed by atoms with E-state index >= 15 is 8.78 Å². The van der Waals surface area contributed by atoms with Gasteiger partial charge in [0.1, 0.15) is 11.6 Å². The fraction of sp³-hybridized carbons (Fsp3) is 0.467. The zero-order chi connectivity index (χ0) is 33.0. The number of amides is 1. The Morgan fingerprint density at radius 3 is 2.13 bits per heavy atom. The molecule has 0 aliphatic carbocycles. The largest absolute Gasteiger partial charge is 0.417 e. The number of rotatable bonds is 5. The number of benzene rings is 1. The van der Waals surface area contributed by atoms with Crippen molar-refractivity contribution in [1.29, 1.82) is 0 Å². The van der Waals surface area contributed by atoms with Crippen LogP contribution in [-0.2, 0) is 18.0 Å². The third-order valence-corrected chi connectivity index (χ3v) is 8.36. The topological polar surface area (TPSA) is 110 Å². The van der Waals surface area contributed by atoms with Crippen LogP contribution in [0.1, 0.15) is 36.7 Å². The molecule has 0 bridgehead atoms. The average Bonchev–Trinajstić information content (AvgIpc) is 2.95. The Hall–Kier alpha value is -4.11. The van der Waals surface area contributed by atoms with Gasteiger partial charge in [0.25, 0.3) is 11.5 Å². The molecule has 1 aromatic carbocycles. The number of carbonyl (C=O) groups excluding carboxylic acids is 1. The van der Waals surface area contributed by atoms with Crippen molar-refractivity contribution in [2.45, 2.75) is 45.2 Å². The van der Waals surface area contributed by atoms with Crippen molar-refractivity contribution in [1.82, 2.24) is 19.4 Å². The molecule has 0 unspecified atom stereocenters. The minimum Gasteiger partial charge on any atom is -0.372 e. The predicted octanol–water partition coefficient (Wildman–Crippen LogP) is 3.66. The number of nitrogens with zero attached hydrogens (tertiary/aromatic N) is 6. The van der Waals surface area contributed by atoms with Gasteiger partial charge in [-0.1, -0.05) is 0 Å². The molecule has 2 aromatic heterocycles. The number of halogens is 5. The maximum atomic E-state index is 16.9. The van der Waals surface area contributed by atoms with Crippen molar-refractivity contribution in [3.05, 3.63) is 57.6 Å². The molecule has 3 atom stereocenters. The molecule has 2 saturated heterocycles. The third kappa shape index (κ3) is 6.10. The molecule has 2 fully saturated rings. The van der Waals surface area contributed by atoms with E-state index < -0.39 is 57.2 Å². The van der Waals surface area contributed by atoms with Gasteiger partial charge in [-0.3, -0.25) is 9.59 Å². The van der Waals surface area contributed by atoms with Crippen molar-refractivity contribution in [2.24, 2.45) is 12.8 Å². The summed E-state index contributed by atoms with van der Waals surface area (Å²) in [7, 11) is 2.97. The van der Waals surface area contributed by atoms with Gasteiger partial charge in [0.15, 0.2) is 0 Å². The number of hydrogen-bond acceptors (Lipinski definition) is 8. The van der Waals surface area contributed by atoms with E-state index in [-0.39, 0.29) is 48.7 Å². The Morgan fingerprint density at radius 1 is 0.956 bits per heavy atom. The zero-order valence-electron chi connectivity index (χ0n) is 25.5. The first kappa shape index (κ1) is 32.3. The molecule has 2 aliphatic rings. The van der Waals surface area contributed by atoms with Gasteiger partial charge in [-0.05, 0) is 33.9 Å². The Kier molecular flexibility index (Phi) is 8.61. The molecule has 0 spiro atoms. The molecule has 242 valence electrons. The minimum atomic E-state index is -5.17. The van der Waals surface area contributed by atoms with E-state index in [4.69, 9.17) is 10.5 Å². The maximum absolute atomic E-state index is 16.9. The van der Waals surface area contributed by atoms with Gasteiger partial charge in [-0.2, -0.15) is 13.2 Å². The van der Waals surface area contributed by atoms with Crippen molar-refractivity contribution < 1.29 is 31.5 Å². The molecule has 0 saturated carbocycles. The number of morpholine rings is 1. The molecule has 1 amide bonds. The molecule has 2 aliphatic heterocycles. The monoisotopic (exact) mass is 635 g/mol. The Labute approximate surface area is 256 Å². The minimum absolute atomic E-state index is 0.0927. The van der Waals surface area contributed by atoms with Crippen molar-refractivity contribution >= 4 is 17.5 Å². The summed E-state index contributed by atoms with van der Waals surface area (Å²) in [4.78, 5) is 39.6. The van der Waals surface area contributed by atoms with E-state index in [0.717, 1.165) is 17.7 Å². The van der Waals surface area contributed by atoms with E-state index in [0.29, 0.717) is 25.6 Å².